The van der Waals surface area contributed by atoms with Crippen LogP contribution < -0.4 is 5.73 Å². The number of hydrogen-bond acceptors (Lipinski definition) is 4. The van der Waals surface area contributed by atoms with E-state index in [0.717, 1.165) is 6.42 Å². The van der Waals surface area contributed by atoms with E-state index in [-0.39, 0.29) is 23.2 Å². The van der Waals surface area contributed by atoms with Crippen LogP contribution in [0.5, 0.6) is 0 Å². The van der Waals surface area contributed by atoms with Crippen molar-refractivity contribution in [1.29, 1.82) is 0 Å². The van der Waals surface area contributed by atoms with E-state index in [1.807, 2.05) is 20.8 Å². The van der Waals surface area contributed by atoms with Crippen molar-refractivity contribution in [2.75, 3.05) is 12.3 Å². The van der Waals surface area contributed by atoms with Gasteiger partial charge in [-0.25, -0.2) is 0 Å². The highest BCUT2D eigenvalue weighted by Crippen LogP contribution is 2.23. The Balaban J connectivity index is 3.24. The van der Waals surface area contributed by atoms with E-state index in [1.54, 1.807) is 4.90 Å². The Hall–Kier alpha value is -2.11. The zero-order valence-corrected chi connectivity index (χ0v) is 11.4. The first-order chi connectivity index (χ1) is 8.92. The molecular weight excluding hydrogens is 246 g/mol. The summed E-state index contributed by atoms with van der Waals surface area (Å²) in [5.41, 5.74) is 5.80. The van der Waals surface area contributed by atoms with Crippen molar-refractivity contribution in [3.8, 4) is 0 Å². The third kappa shape index (κ3) is 3.21. The van der Waals surface area contributed by atoms with Crippen molar-refractivity contribution < 1.29 is 9.72 Å². The van der Waals surface area contributed by atoms with Crippen molar-refractivity contribution in [1.82, 2.24) is 4.90 Å². The molecule has 0 aliphatic carbocycles. The van der Waals surface area contributed by atoms with Gasteiger partial charge in [-0.05, 0) is 32.4 Å². The monoisotopic (exact) mass is 265 g/mol. The molecule has 0 aromatic heterocycles. The average Bonchev–Trinajstić information content (AvgIpc) is 2.38. The Bertz CT molecular complexity index is 488. The van der Waals surface area contributed by atoms with Crippen LogP contribution >= 0.6 is 0 Å². The fraction of sp³-hybridized carbons (Fsp3) is 0.462. The zero-order chi connectivity index (χ0) is 14.6. The number of nitro groups is 1. The molecule has 2 N–H and O–H groups in total. The van der Waals surface area contributed by atoms with Crippen LogP contribution in [-0.2, 0) is 0 Å². The highest BCUT2D eigenvalue weighted by atomic mass is 16.6. The number of nitro benzene ring substituents is 1. The number of benzene rings is 1. The first-order valence-electron chi connectivity index (χ1n) is 6.27. The minimum absolute atomic E-state index is 0.0264. The van der Waals surface area contributed by atoms with Gasteiger partial charge in [0.25, 0.3) is 11.6 Å². The van der Waals surface area contributed by atoms with Crippen molar-refractivity contribution >= 4 is 17.3 Å². The fourth-order valence-electron chi connectivity index (χ4n) is 1.91. The van der Waals surface area contributed by atoms with E-state index < -0.39 is 4.92 Å². The maximum absolute atomic E-state index is 12.4. The lowest BCUT2D eigenvalue weighted by atomic mass is 10.1. The minimum atomic E-state index is -0.558. The molecule has 1 unspecified atom stereocenters. The van der Waals surface area contributed by atoms with Gasteiger partial charge in [-0.1, -0.05) is 6.92 Å². The van der Waals surface area contributed by atoms with E-state index in [0.29, 0.717) is 12.2 Å². The maximum Gasteiger partial charge on any atom is 0.282 e. The molecule has 1 amide bonds. The summed E-state index contributed by atoms with van der Waals surface area (Å²) in [6.07, 6.45) is 0.787. The van der Waals surface area contributed by atoms with Crippen molar-refractivity contribution in [2.24, 2.45) is 0 Å². The molecule has 0 spiro atoms. The molecule has 0 aliphatic rings. The number of hydrogen-bond donors (Lipinski definition) is 1. The van der Waals surface area contributed by atoms with E-state index in [4.69, 9.17) is 5.73 Å². The Kier molecular flexibility index (Phi) is 4.86. The molecule has 0 aliphatic heterocycles. The average molecular weight is 265 g/mol. The molecule has 0 radical (unpaired) electrons. The largest absolute Gasteiger partial charge is 0.399 e. The van der Waals surface area contributed by atoms with Crippen LogP contribution in [0.3, 0.4) is 0 Å². The smallest absolute Gasteiger partial charge is 0.282 e. The van der Waals surface area contributed by atoms with Gasteiger partial charge < -0.3 is 10.6 Å². The number of carbonyl (C=O) groups is 1. The molecule has 1 aromatic rings. The summed E-state index contributed by atoms with van der Waals surface area (Å²) >= 11 is 0. The summed E-state index contributed by atoms with van der Waals surface area (Å²) in [6.45, 7) is 6.23. The highest BCUT2D eigenvalue weighted by Gasteiger charge is 2.26. The van der Waals surface area contributed by atoms with Crippen LogP contribution in [0.4, 0.5) is 11.4 Å². The number of rotatable bonds is 5. The second-order valence-corrected chi connectivity index (χ2v) is 4.38. The number of carbonyl (C=O) groups excluding carboxylic acids is 1. The van der Waals surface area contributed by atoms with Crippen LogP contribution in [0.1, 0.15) is 37.6 Å². The Morgan fingerprint density at radius 2 is 2.11 bits per heavy atom. The number of nitrogens with two attached hydrogens (primary N) is 1. The van der Waals surface area contributed by atoms with Crippen LogP contribution in [0, 0.1) is 10.1 Å². The first-order valence-corrected chi connectivity index (χ1v) is 6.27. The Labute approximate surface area is 112 Å². The molecule has 0 bridgehead atoms. The van der Waals surface area contributed by atoms with Crippen LogP contribution in [-0.4, -0.2) is 28.3 Å². The maximum atomic E-state index is 12.4. The SMILES string of the molecule is CCC(C)N(CC)C(=O)c1cc(N)ccc1[N+](=O)[O-]. The standard InChI is InChI=1S/C13H19N3O3/c1-4-9(3)15(5-2)13(17)11-8-10(14)6-7-12(11)16(18)19/h6-9H,4-5,14H2,1-3H3. The normalized spacial score (nSPS) is 11.9. The molecule has 0 fully saturated rings. The van der Waals surface area contributed by atoms with Gasteiger partial charge in [-0.3, -0.25) is 14.9 Å². The molecule has 1 atom stereocenters. The van der Waals surface area contributed by atoms with E-state index in [1.165, 1.54) is 18.2 Å². The molecule has 1 rings (SSSR count). The molecule has 104 valence electrons. The molecule has 0 heterocycles. The number of nitrogen functional groups attached to an aromatic ring is 1. The highest BCUT2D eigenvalue weighted by molar-refractivity contribution is 5.99. The molecule has 6 heteroatoms. The van der Waals surface area contributed by atoms with E-state index in [9.17, 15) is 14.9 Å². The molecular formula is C13H19N3O3. The van der Waals surface area contributed by atoms with Crippen molar-refractivity contribution in [2.45, 2.75) is 33.2 Å². The second-order valence-electron chi connectivity index (χ2n) is 4.38. The van der Waals surface area contributed by atoms with Crippen LogP contribution in [0.25, 0.3) is 0 Å². The van der Waals surface area contributed by atoms with Gasteiger partial charge in [0.05, 0.1) is 4.92 Å². The summed E-state index contributed by atoms with van der Waals surface area (Å²) in [6, 6.07) is 4.09. The molecule has 19 heavy (non-hydrogen) atoms. The van der Waals surface area contributed by atoms with Crippen LogP contribution in [0.15, 0.2) is 18.2 Å². The predicted octanol–water partition coefficient (Wildman–Crippen LogP) is 2.44. The summed E-state index contributed by atoms with van der Waals surface area (Å²) in [7, 11) is 0. The molecule has 0 saturated heterocycles. The van der Waals surface area contributed by atoms with Crippen molar-refractivity contribution in [3.05, 3.63) is 33.9 Å². The van der Waals surface area contributed by atoms with E-state index in [2.05, 4.69) is 0 Å². The van der Waals surface area contributed by atoms with Gasteiger partial charge in [-0.2, -0.15) is 0 Å². The summed E-state index contributed by atoms with van der Waals surface area (Å²) < 4.78 is 0. The van der Waals surface area contributed by atoms with Crippen LogP contribution in [0.2, 0.25) is 0 Å². The van der Waals surface area contributed by atoms with E-state index >= 15 is 0 Å². The summed E-state index contributed by atoms with van der Waals surface area (Å²) in [5, 5.41) is 11.0. The summed E-state index contributed by atoms with van der Waals surface area (Å²) in [5.74, 6) is -0.351. The fourth-order valence-corrected chi connectivity index (χ4v) is 1.91. The number of nitrogens with zero attached hydrogens (tertiary/aromatic N) is 2. The van der Waals surface area contributed by atoms with Gasteiger partial charge in [0.1, 0.15) is 5.56 Å². The third-order valence-electron chi connectivity index (χ3n) is 3.17. The Morgan fingerprint density at radius 1 is 1.47 bits per heavy atom. The number of amides is 1. The lowest BCUT2D eigenvalue weighted by molar-refractivity contribution is -0.385. The summed E-state index contributed by atoms with van der Waals surface area (Å²) in [4.78, 5) is 24.5. The van der Waals surface area contributed by atoms with Gasteiger partial charge in [-0.15, -0.1) is 0 Å². The van der Waals surface area contributed by atoms with Gasteiger partial charge >= 0.3 is 0 Å². The predicted molar refractivity (Wildman–Crippen MR) is 74.0 cm³/mol. The van der Waals surface area contributed by atoms with Crippen molar-refractivity contribution in [3.63, 3.8) is 0 Å². The topological polar surface area (TPSA) is 89.5 Å². The lowest BCUT2D eigenvalue weighted by Crippen LogP contribution is -2.38. The molecule has 1 aromatic carbocycles. The quantitative estimate of drug-likeness (QED) is 0.503. The third-order valence-corrected chi connectivity index (χ3v) is 3.17. The van der Waals surface area contributed by atoms with Gasteiger partial charge in [0.2, 0.25) is 0 Å². The number of anilines is 1. The van der Waals surface area contributed by atoms with Gasteiger partial charge in [0, 0.05) is 24.3 Å². The zero-order valence-electron chi connectivity index (χ0n) is 11.4. The second kappa shape index (κ2) is 6.17. The first kappa shape index (κ1) is 14.9. The van der Waals surface area contributed by atoms with Gasteiger partial charge in [0.15, 0.2) is 0 Å². The Morgan fingerprint density at radius 3 is 2.58 bits per heavy atom. The lowest BCUT2D eigenvalue weighted by Gasteiger charge is -2.27. The molecule has 6 nitrogen and oxygen atoms in total. The minimum Gasteiger partial charge on any atom is -0.399 e. The molecule has 0 saturated carbocycles.